The van der Waals surface area contributed by atoms with E-state index in [0.717, 1.165) is 29.2 Å². The minimum atomic E-state index is -4.82. The summed E-state index contributed by atoms with van der Waals surface area (Å²) in [6, 6.07) is 6.56. The summed E-state index contributed by atoms with van der Waals surface area (Å²) in [6.45, 7) is 0.133. The Bertz CT molecular complexity index is 1420. The molecule has 15 heteroatoms. The number of benzene rings is 1. The van der Waals surface area contributed by atoms with Gasteiger partial charge in [0.05, 0.1) is 31.6 Å². The summed E-state index contributed by atoms with van der Waals surface area (Å²) in [5.74, 6) is -1.52. The lowest BCUT2D eigenvalue weighted by Crippen LogP contribution is -2.74. The third kappa shape index (κ3) is 5.95. The minimum Gasteiger partial charge on any atom is -0.463 e. The van der Waals surface area contributed by atoms with Crippen LogP contribution in [0.4, 0.5) is 9.59 Å². The third-order valence-corrected chi connectivity index (χ3v) is 8.46. The molecule has 2 aromatic rings. The summed E-state index contributed by atoms with van der Waals surface area (Å²) in [6.07, 6.45) is 6.73. The van der Waals surface area contributed by atoms with Gasteiger partial charge in [-0.3, -0.25) is 14.1 Å². The lowest BCUT2D eigenvalue weighted by Gasteiger charge is -2.49. The number of hydrogen-bond acceptors (Lipinski definition) is 8. The van der Waals surface area contributed by atoms with Gasteiger partial charge in [0.15, 0.2) is 0 Å². The van der Waals surface area contributed by atoms with E-state index in [1.807, 2.05) is 0 Å². The van der Waals surface area contributed by atoms with E-state index in [1.165, 1.54) is 12.5 Å². The van der Waals surface area contributed by atoms with Crippen molar-refractivity contribution in [3.8, 4) is 0 Å². The summed E-state index contributed by atoms with van der Waals surface area (Å²) in [7, 11) is -4.82. The fourth-order valence-corrected chi connectivity index (χ4v) is 6.48. The standard InChI is InChI=1S/C26H30N6O8S/c33-23(28-21-22(18-10-5-2-6-11-18)32(24(21)34)41(37,38)39)20(17-8-3-1-4-9-17)29-25(35)30-13-14-31(26(30)36)27-16-19-12-7-15-40-19/h1,3-4,7-9,12,15-16,18,20-22H,2,5-6,10-11,13-14H2,(H,28,33)(H,29,35)(H,37,38,39)/t20?,21-,22?/m0/s1. The number of β-lactam (4-membered cyclic amide) rings is 1. The molecule has 41 heavy (non-hydrogen) atoms. The molecule has 3 fully saturated rings. The molecular formula is C26H30N6O8S. The molecule has 3 N–H and O–H groups in total. The van der Waals surface area contributed by atoms with Gasteiger partial charge >= 0.3 is 22.4 Å². The topological polar surface area (TPSA) is 182 Å². The van der Waals surface area contributed by atoms with Crippen molar-refractivity contribution in [1.29, 1.82) is 0 Å². The first-order valence-electron chi connectivity index (χ1n) is 13.3. The molecule has 6 amide bonds. The second-order valence-corrected chi connectivity index (χ2v) is 11.4. The van der Waals surface area contributed by atoms with Crippen LogP contribution in [0.2, 0.25) is 0 Å². The molecule has 0 spiro atoms. The molecule has 3 atom stereocenters. The molecule has 1 aliphatic carbocycles. The van der Waals surface area contributed by atoms with E-state index in [4.69, 9.17) is 4.42 Å². The number of rotatable bonds is 8. The van der Waals surface area contributed by atoms with Gasteiger partial charge in [0.2, 0.25) is 5.91 Å². The number of furan rings is 1. The van der Waals surface area contributed by atoms with E-state index in [0.29, 0.717) is 28.5 Å². The highest BCUT2D eigenvalue weighted by Gasteiger charge is 2.57. The van der Waals surface area contributed by atoms with Gasteiger partial charge in [0.25, 0.3) is 5.91 Å². The van der Waals surface area contributed by atoms with Gasteiger partial charge in [-0.15, -0.1) is 0 Å². The van der Waals surface area contributed by atoms with E-state index in [1.54, 1.807) is 42.5 Å². The Morgan fingerprint density at radius 1 is 1.05 bits per heavy atom. The predicted octanol–water partition coefficient (Wildman–Crippen LogP) is 1.88. The number of imide groups is 1. The van der Waals surface area contributed by atoms with Gasteiger partial charge in [-0.05, 0) is 36.5 Å². The third-order valence-electron chi connectivity index (χ3n) is 7.54. The van der Waals surface area contributed by atoms with Gasteiger partial charge in [-0.2, -0.15) is 13.5 Å². The zero-order valence-corrected chi connectivity index (χ0v) is 22.8. The van der Waals surface area contributed by atoms with Crippen LogP contribution >= 0.6 is 0 Å². The summed E-state index contributed by atoms with van der Waals surface area (Å²) < 4.78 is 39.2. The first-order chi connectivity index (χ1) is 19.6. The largest absolute Gasteiger partial charge is 0.463 e. The van der Waals surface area contributed by atoms with E-state index in [2.05, 4.69) is 15.7 Å². The summed E-state index contributed by atoms with van der Waals surface area (Å²) >= 11 is 0. The quantitative estimate of drug-likeness (QED) is 0.238. The Balaban J connectivity index is 1.31. The molecule has 218 valence electrons. The molecule has 3 heterocycles. The van der Waals surface area contributed by atoms with Crippen LogP contribution in [-0.2, 0) is 19.9 Å². The average molecular weight is 587 g/mol. The van der Waals surface area contributed by atoms with Crippen molar-refractivity contribution in [2.24, 2.45) is 11.0 Å². The monoisotopic (exact) mass is 586 g/mol. The highest BCUT2D eigenvalue weighted by molar-refractivity contribution is 7.84. The Morgan fingerprint density at radius 3 is 2.44 bits per heavy atom. The van der Waals surface area contributed by atoms with Crippen LogP contribution in [-0.4, -0.2) is 82.4 Å². The summed E-state index contributed by atoms with van der Waals surface area (Å²) in [5, 5.41) is 10.3. The number of nitrogens with one attached hydrogen (secondary N) is 2. The van der Waals surface area contributed by atoms with E-state index >= 15 is 0 Å². The highest BCUT2D eigenvalue weighted by atomic mass is 32.2. The van der Waals surface area contributed by atoms with Crippen LogP contribution in [0.5, 0.6) is 0 Å². The number of carbonyl (C=O) groups excluding carboxylic acids is 4. The Hall–Kier alpha value is -4.24. The van der Waals surface area contributed by atoms with Crippen molar-refractivity contribution in [1.82, 2.24) is 24.8 Å². The molecule has 3 aliphatic rings. The number of carbonyl (C=O) groups is 4. The zero-order chi connectivity index (χ0) is 29.1. The molecule has 2 saturated heterocycles. The molecule has 1 saturated carbocycles. The molecule has 0 radical (unpaired) electrons. The maximum absolute atomic E-state index is 13.6. The van der Waals surface area contributed by atoms with Crippen LogP contribution in [0, 0.1) is 5.92 Å². The number of nitrogens with zero attached hydrogens (tertiary/aromatic N) is 4. The van der Waals surface area contributed by atoms with Crippen molar-refractivity contribution in [2.45, 2.75) is 50.2 Å². The van der Waals surface area contributed by atoms with Crippen LogP contribution in [0.3, 0.4) is 0 Å². The fraction of sp³-hybridized carbons (Fsp3) is 0.423. The van der Waals surface area contributed by atoms with Crippen molar-refractivity contribution in [3.63, 3.8) is 0 Å². The molecule has 14 nitrogen and oxygen atoms in total. The van der Waals surface area contributed by atoms with Gasteiger partial charge in [-0.1, -0.05) is 49.6 Å². The second kappa shape index (κ2) is 11.7. The highest BCUT2D eigenvalue weighted by Crippen LogP contribution is 2.37. The number of urea groups is 2. The first kappa shape index (κ1) is 28.3. The van der Waals surface area contributed by atoms with Crippen molar-refractivity contribution in [3.05, 3.63) is 60.1 Å². The van der Waals surface area contributed by atoms with Crippen molar-refractivity contribution >= 4 is 40.4 Å². The number of amides is 6. The predicted molar refractivity (Wildman–Crippen MR) is 144 cm³/mol. The minimum absolute atomic E-state index is 0.0114. The maximum Gasteiger partial charge on any atom is 0.362 e. The van der Waals surface area contributed by atoms with Gasteiger partial charge in [0.1, 0.15) is 17.8 Å². The molecule has 5 rings (SSSR count). The lowest BCUT2D eigenvalue weighted by molar-refractivity contribution is -0.149. The maximum atomic E-state index is 13.6. The van der Waals surface area contributed by atoms with Crippen molar-refractivity contribution < 1.29 is 36.6 Å². The fourth-order valence-electron chi connectivity index (χ4n) is 5.53. The van der Waals surface area contributed by atoms with Gasteiger partial charge in [-0.25, -0.2) is 23.8 Å². The molecule has 0 bridgehead atoms. The van der Waals surface area contributed by atoms with E-state index in [-0.39, 0.29) is 19.0 Å². The summed E-state index contributed by atoms with van der Waals surface area (Å²) in [4.78, 5) is 53.3. The van der Waals surface area contributed by atoms with Crippen molar-refractivity contribution in [2.75, 3.05) is 13.1 Å². The molecule has 1 aromatic carbocycles. The first-order valence-corrected chi connectivity index (χ1v) is 14.7. The SMILES string of the molecule is O=C(N[C@@H]1C(=O)N(S(=O)(=O)O)C1C1CCCCC1)C(NC(=O)N1CCN(N=Cc2ccco2)C1=O)c1ccccc1. The van der Waals surface area contributed by atoms with Crippen LogP contribution in [0.1, 0.15) is 49.5 Å². The number of hydrogen-bond donors (Lipinski definition) is 3. The Labute approximate surface area is 236 Å². The normalized spacial score (nSPS) is 22.6. The van der Waals surface area contributed by atoms with Crippen LogP contribution in [0.15, 0.2) is 58.2 Å². The Kier molecular flexibility index (Phi) is 8.08. The van der Waals surface area contributed by atoms with Gasteiger partial charge in [0, 0.05) is 0 Å². The molecule has 1 aromatic heterocycles. The van der Waals surface area contributed by atoms with Crippen LogP contribution < -0.4 is 10.6 Å². The average Bonchev–Trinajstić information content (AvgIpc) is 3.61. The molecule has 2 unspecified atom stereocenters. The smallest absolute Gasteiger partial charge is 0.362 e. The molecule has 2 aliphatic heterocycles. The van der Waals surface area contributed by atoms with E-state index < -0.39 is 52.3 Å². The Morgan fingerprint density at radius 2 is 1.78 bits per heavy atom. The van der Waals surface area contributed by atoms with Crippen LogP contribution in [0.25, 0.3) is 0 Å². The second-order valence-electron chi connectivity index (χ2n) is 10.1. The lowest BCUT2D eigenvalue weighted by atomic mass is 9.77. The molecular weight excluding hydrogens is 556 g/mol. The van der Waals surface area contributed by atoms with E-state index in [9.17, 15) is 32.1 Å². The zero-order valence-electron chi connectivity index (χ0n) is 22.0. The number of hydrazone groups is 1. The summed E-state index contributed by atoms with van der Waals surface area (Å²) in [5.41, 5.74) is 0.380. The van der Waals surface area contributed by atoms with Gasteiger partial charge < -0.3 is 15.1 Å².